The van der Waals surface area contributed by atoms with Crippen LogP contribution in [0.2, 0.25) is 0 Å². The Morgan fingerprint density at radius 1 is 1.44 bits per heavy atom. The van der Waals surface area contributed by atoms with E-state index in [0.29, 0.717) is 12.1 Å². The van der Waals surface area contributed by atoms with E-state index in [1.807, 2.05) is 17.6 Å². The number of nitrogens with zero attached hydrogens (tertiary/aromatic N) is 2. The molecule has 0 saturated heterocycles. The smallest absolute Gasteiger partial charge is 0.256 e. The second kappa shape index (κ2) is 4.52. The van der Waals surface area contributed by atoms with E-state index in [0.717, 1.165) is 25.2 Å². The first-order valence-electron chi connectivity index (χ1n) is 6.51. The molecule has 4 nitrogen and oxygen atoms in total. The van der Waals surface area contributed by atoms with Crippen LogP contribution in [0.5, 0.6) is 0 Å². The third kappa shape index (κ3) is 2.22. The molecule has 4 heteroatoms. The van der Waals surface area contributed by atoms with Gasteiger partial charge in [-0.2, -0.15) is 0 Å². The predicted molar refractivity (Wildman–Crippen MR) is 71.7 cm³/mol. The van der Waals surface area contributed by atoms with E-state index < -0.39 is 5.60 Å². The number of fused-ring (bicyclic) bond motifs is 1. The standard InChI is InChI=1S/C14H22N2O2/c1-5-16-12-6-7-15(4)9-10(12)8-11(13(16)17)14(2,3)18/h8,18H,5-7,9H2,1-4H3. The summed E-state index contributed by atoms with van der Waals surface area (Å²) >= 11 is 0. The molecule has 1 N–H and O–H groups in total. The van der Waals surface area contributed by atoms with Crippen molar-refractivity contribution in [1.29, 1.82) is 0 Å². The van der Waals surface area contributed by atoms with Gasteiger partial charge >= 0.3 is 0 Å². The number of hydrogen-bond acceptors (Lipinski definition) is 3. The van der Waals surface area contributed by atoms with Gasteiger partial charge in [0.25, 0.3) is 5.56 Å². The van der Waals surface area contributed by atoms with Crippen LogP contribution in [-0.2, 0) is 25.1 Å². The lowest BCUT2D eigenvalue weighted by molar-refractivity contribution is 0.0761. The topological polar surface area (TPSA) is 45.5 Å². The summed E-state index contributed by atoms with van der Waals surface area (Å²) < 4.78 is 1.82. The molecule has 1 aromatic heterocycles. The molecule has 2 rings (SSSR count). The van der Waals surface area contributed by atoms with E-state index in [1.165, 1.54) is 5.56 Å². The largest absolute Gasteiger partial charge is 0.386 e. The van der Waals surface area contributed by atoms with E-state index >= 15 is 0 Å². The summed E-state index contributed by atoms with van der Waals surface area (Å²) in [5.41, 5.74) is 1.67. The zero-order valence-electron chi connectivity index (χ0n) is 11.7. The van der Waals surface area contributed by atoms with Gasteiger partial charge in [-0.1, -0.05) is 0 Å². The van der Waals surface area contributed by atoms with Crippen LogP contribution in [0.25, 0.3) is 0 Å². The first-order chi connectivity index (χ1) is 8.34. The van der Waals surface area contributed by atoms with E-state index in [9.17, 15) is 9.90 Å². The molecular weight excluding hydrogens is 228 g/mol. The lowest BCUT2D eigenvalue weighted by Gasteiger charge is -2.29. The Labute approximate surface area is 108 Å². The zero-order chi connectivity index (χ0) is 13.5. The van der Waals surface area contributed by atoms with Crippen molar-refractivity contribution in [2.75, 3.05) is 13.6 Å². The number of pyridine rings is 1. The summed E-state index contributed by atoms with van der Waals surface area (Å²) in [6.45, 7) is 7.81. The van der Waals surface area contributed by atoms with Gasteiger partial charge < -0.3 is 14.6 Å². The monoisotopic (exact) mass is 250 g/mol. The maximum Gasteiger partial charge on any atom is 0.256 e. The second-order valence-electron chi connectivity index (χ2n) is 5.63. The summed E-state index contributed by atoms with van der Waals surface area (Å²) in [5, 5.41) is 10.1. The van der Waals surface area contributed by atoms with Crippen LogP contribution in [0.1, 0.15) is 37.6 Å². The first kappa shape index (κ1) is 13.3. The minimum atomic E-state index is -1.08. The van der Waals surface area contributed by atoms with Crippen molar-refractivity contribution in [1.82, 2.24) is 9.47 Å². The van der Waals surface area contributed by atoms with Crippen LogP contribution in [-0.4, -0.2) is 28.2 Å². The van der Waals surface area contributed by atoms with Crippen LogP contribution >= 0.6 is 0 Å². The Kier molecular flexibility index (Phi) is 3.34. The van der Waals surface area contributed by atoms with Crippen LogP contribution < -0.4 is 5.56 Å². The number of likely N-dealkylation sites (N-methyl/N-ethyl adjacent to an activating group) is 1. The summed E-state index contributed by atoms with van der Waals surface area (Å²) in [6.07, 6.45) is 0.904. The molecule has 18 heavy (non-hydrogen) atoms. The maximum absolute atomic E-state index is 12.4. The fourth-order valence-electron chi connectivity index (χ4n) is 2.63. The van der Waals surface area contributed by atoms with Crippen molar-refractivity contribution >= 4 is 0 Å². The van der Waals surface area contributed by atoms with Gasteiger partial charge in [-0.3, -0.25) is 4.79 Å². The lowest BCUT2D eigenvalue weighted by atomic mass is 9.95. The number of hydrogen-bond donors (Lipinski definition) is 1. The Morgan fingerprint density at radius 2 is 2.11 bits per heavy atom. The number of rotatable bonds is 2. The van der Waals surface area contributed by atoms with Gasteiger partial charge in [-0.25, -0.2) is 0 Å². The van der Waals surface area contributed by atoms with Crippen molar-refractivity contribution in [3.8, 4) is 0 Å². The fourth-order valence-corrected chi connectivity index (χ4v) is 2.63. The summed E-state index contributed by atoms with van der Waals surface area (Å²) in [6, 6.07) is 1.89. The molecule has 1 aliphatic rings. The highest BCUT2D eigenvalue weighted by atomic mass is 16.3. The van der Waals surface area contributed by atoms with Crippen molar-refractivity contribution in [3.05, 3.63) is 33.2 Å². The van der Waals surface area contributed by atoms with Crippen molar-refractivity contribution in [2.45, 2.75) is 45.9 Å². The fraction of sp³-hybridized carbons (Fsp3) is 0.643. The van der Waals surface area contributed by atoms with E-state index in [-0.39, 0.29) is 5.56 Å². The molecule has 0 aliphatic carbocycles. The summed E-state index contributed by atoms with van der Waals surface area (Å²) in [5.74, 6) is 0. The quantitative estimate of drug-likeness (QED) is 0.854. The average Bonchev–Trinajstić information content (AvgIpc) is 2.27. The van der Waals surface area contributed by atoms with Gasteiger partial charge in [0.05, 0.1) is 5.60 Å². The van der Waals surface area contributed by atoms with Crippen LogP contribution in [0.15, 0.2) is 10.9 Å². The van der Waals surface area contributed by atoms with Crippen LogP contribution in [0.4, 0.5) is 0 Å². The molecule has 0 atom stereocenters. The van der Waals surface area contributed by atoms with E-state index in [4.69, 9.17) is 0 Å². The van der Waals surface area contributed by atoms with Gasteiger partial charge in [0.15, 0.2) is 0 Å². The molecule has 1 aliphatic heterocycles. The van der Waals surface area contributed by atoms with Gasteiger partial charge in [-0.05, 0) is 39.4 Å². The molecular formula is C14H22N2O2. The van der Waals surface area contributed by atoms with Gasteiger partial charge in [-0.15, -0.1) is 0 Å². The molecule has 0 radical (unpaired) electrons. The average molecular weight is 250 g/mol. The third-order valence-electron chi connectivity index (χ3n) is 3.64. The van der Waals surface area contributed by atoms with E-state index in [2.05, 4.69) is 11.9 Å². The Balaban J connectivity index is 2.67. The molecule has 0 unspecified atom stereocenters. The molecule has 0 bridgehead atoms. The maximum atomic E-state index is 12.4. The minimum Gasteiger partial charge on any atom is -0.386 e. The normalized spacial score (nSPS) is 16.7. The van der Waals surface area contributed by atoms with Gasteiger partial charge in [0.2, 0.25) is 0 Å². The molecule has 100 valence electrons. The molecule has 0 aromatic carbocycles. The molecule has 0 spiro atoms. The molecule has 2 heterocycles. The van der Waals surface area contributed by atoms with Crippen LogP contribution in [0.3, 0.4) is 0 Å². The molecule has 0 amide bonds. The van der Waals surface area contributed by atoms with Crippen molar-refractivity contribution in [3.63, 3.8) is 0 Å². The first-order valence-corrected chi connectivity index (χ1v) is 6.51. The molecule has 1 aromatic rings. The number of aliphatic hydroxyl groups is 1. The third-order valence-corrected chi connectivity index (χ3v) is 3.64. The highest BCUT2D eigenvalue weighted by Crippen LogP contribution is 2.23. The van der Waals surface area contributed by atoms with Gasteiger partial charge in [0, 0.05) is 37.3 Å². The summed E-state index contributed by atoms with van der Waals surface area (Å²) in [7, 11) is 2.08. The Bertz CT molecular complexity index is 512. The highest BCUT2D eigenvalue weighted by molar-refractivity contribution is 5.31. The Morgan fingerprint density at radius 3 is 2.67 bits per heavy atom. The highest BCUT2D eigenvalue weighted by Gasteiger charge is 2.26. The molecule has 0 saturated carbocycles. The lowest BCUT2D eigenvalue weighted by Crippen LogP contribution is -2.38. The van der Waals surface area contributed by atoms with Gasteiger partial charge in [0.1, 0.15) is 0 Å². The van der Waals surface area contributed by atoms with Crippen molar-refractivity contribution < 1.29 is 5.11 Å². The zero-order valence-corrected chi connectivity index (χ0v) is 11.7. The SMILES string of the molecule is CCn1c2c(cc(C(C)(C)O)c1=O)CN(C)CC2. The number of aromatic nitrogens is 1. The van der Waals surface area contributed by atoms with Crippen LogP contribution in [0, 0.1) is 0 Å². The molecule has 0 fully saturated rings. The van der Waals surface area contributed by atoms with Crippen molar-refractivity contribution in [2.24, 2.45) is 0 Å². The second-order valence-corrected chi connectivity index (χ2v) is 5.63. The van der Waals surface area contributed by atoms with E-state index in [1.54, 1.807) is 13.8 Å². The predicted octanol–water partition coefficient (Wildman–Crippen LogP) is 1.08. The summed E-state index contributed by atoms with van der Waals surface area (Å²) in [4.78, 5) is 14.6. The Hall–Kier alpha value is -1.13. The minimum absolute atomic E-state index is 0.0479.